The van der Waals surface area contributed by atoms with E-state index < -0.39 is 24.3 Å². The van der Waals surface area contributed by atoms with Gasteiger partial charge in [0, 0.05) is 32.4 Å². The van der Waals surface area contributed by atoms with Crippen LogP contribution < -0.4 is 10.6 Å². The number of likely N-dealkylation sites (N-methyl/N-ethyl adjacent to an activating group) is 1. The number of nitrogens with zero attached hydrogens (tertiary/aromatic N) is 4. The van der Waals surface area contributed by atoms with Crippen LogP contribution in [0.2, 0.25) is 0 Å². The van der Waals surface area contributed by atoms with Crippen LogP contribution in [0.4, 0.5) is 9.59 Å². The maximum Gasteiger partial charge on any atom is 0.407 e. The number of hydrogen-bond acceptors (Lipinski definition) is 9. The molecule has 0 radical (unpaired) electrons. The van der Waals surface area contributed by atoms with E-state index in [4.69, 9.17) is 24.2 Å². The van der Waals surface area contributed by atoms with Crippen molar-refractivity contribution in [3.05, 3.63) is 121 Å². The van der Waals surface area contributed by atoms with Gasteiger partial charge in [0.15, 0.2) is 0 Å². The van der Waals surface area contributed by atoms with Crippen LogP contribution in [0.3, 0.4) is 0 Å². The van der Waals surface area contributed by atoms with Gasteiger partial charge >= 0.3 is 12.2 Å². The summed E-state index contributed by atoms with van der Waals surface area (Å²) in [5.41, 5.74) is 6.46. The van der Waals surface area contributed by atoms with Crippen LogP contribution in [0.15, 0.2) is 103 Å². The third-order valence-electron chi connectivity index (χ3n) is 12.7. The van der Waals surface area contributed by atoms with Gasteiger partial charge in [0.25, 0.3) is 5.91 Å². The maximum atomic E-state index is 14.0. The van der Waals surface area contributed by atoms with Crippen molar-refractivity contribution in [2.24, 2.45) is 5.92 Å². The van der Waals surface area contributed by atoms with E-state index in [1.54, 1.807) is 23.0 Å². The predicted octanol–water partition coefficient (Wildman–Crippen LogP) is 8.50. The number of amides is 4. The summed E-state index contributed by atoms with van der Waals surface area (Å²) in [6.07, 6.45) is 6.74. The van der Waals surface area contributed by atoms with Gasteiger partial charge in [-0.05, 0) is 83.2 Å². The monoisotopic (exact) mass is 880 g/mol. The van der Waals surface area contributed by atoms with Crippen LogP contribution in [0.5, 0.6) is 0 Å². The smallest absolute Gasteiger partial charge is 0.407 e. The molecule has 2 aliphatic rings. The summed E-state index contributed by atoms with van der Waals surface area (Å²) in [5.74, 6) is 0.931. The number of H-pyrrole nitrogens is 2. The largest absolute Gasteiger partial charge is 0.453 e. The molecule has 0 bridgehead atoms. The molecular formula is C50H56N8O7. The molecule has 15 heteroatoms. The zero-order valence-electron chi connectivity index (χ0n) is 37.2. The zero-order chi connectivity index (χ0) is 45.5. The highest BCUT2D eigenvalue weighted by atomic mass is 16.5. The predicted molar refractivity (Wildman–Crippen MR) is 246 cm³/mol. The Labute approximate surface area is 378 Å². The van der Waals surface area contributed by atoms with Crippen LogP contribution in [0, 0.1) is 5.92 Å². The summed E-state index contributed by atoms with van der Waals surface area (Å²) in [7, 11) is 4.36. The normalized spacial score (nSPS) is 16.7. The Kier molecular flexibility index (Phi) is 13.9. The lowest BCUT2D eigenvalue weighted by molar-refractivity contribution is -0.137. The van der Waals surface area contributed by atoms with Crippen molar-refractivity contribution in [3.63, 3.8) is 0 Å². The molecule has 15 nitrogen and oxygen atoms in total. The molecular weight excluding hydrogens is 825 g/mol. The molecule has 4 N–H and O–H groups in total. The van der Waals surface area contributed by atoms with E-state index in [2.05, 4.69) is 88.2 Å². The van der Waals surface area contributed by atoms with Gasteiger partial charge in [-0.15, -0.1) is 0 Å². The molecule has 2 aromatic heterocycles. The molecule has 2 fully saturated rings. The fourth-order valence-corrected chi connectivity index (χ4v) is 9.11. The average molecular weight is 881 g/mol. The van der Waals surface area contributed by atoms with Crippen LogP contribution >= 0.6 is 0 Å². The number of likely N-dealkylation sites (tertiary alicyclic amines) is 1. The van der Waals surface area contributed by atoms with Gasteiger partial charge in [0.2, 0.25) is 5.91 Å². The van der Waals surface area contributed by atoms with Crippen LogP contribution in [0.1, 0.15) is 80.8 Å². The molecule has 4 atom stereocenters. The number of aromatic amines is 2. The number of aromatic nitrogens is 4. The highest BCUT2D eigenvalue weighted by molar-refractivity contribution is 5.91. The van der Waals surface area contributed by atoms with Crippen molar-refractivity contribution in [2.45, 2.75) is 69.6 Å². The summed E-state index contributed by atoms with van der Waals surface area (Å²) < 4.78 is 15.2. The number of methoxy groups -OCH3 is 2. The Balaban J connectivity index is 0.946. The number of alkyl carbamates (subject to hydrolysis) is 2. The molecule has 6 aromatic rings. The fraction of sp³-hybridized carbons (Fsp3) is 0.360. The van der Waals surface area contributed by atoms with Crippen molar-refractivity contribution < 1.29 is 33.4 Å². The number of nitrogens with one attached hydrogen (secondary N) is 4. The molecule has 65 heavy (non-hydrogen) atoms. The Bertz CT molecular complexity index is 2600. The maximum absolute atomic E-state index is 14.0. The molecule has 0 spiro atoms. The number of fused-ring (bicyclic) bond motifs is 1. The first-order valence-corrected chi connectivity index (χ1v) is 22.3. The van der Waals surface area contributed by atoms with Gasteiger partial charge in [0.1, 0.15) is 23.7 Å². The second-order valence-electron chi connectivity index (χ2n) is 16.7. The second kappa shape index (κ2) is 20.2. The minimum atomic E-state index is -0.885. The number of benzene rings is 4. The standard InChI is InChI=1S/C50H56N8O7/c1-5-10-41(57(2)47(59)43(55-49(61)63-3)34-22-25-65-26-23-34)45-51-29-39(53-45)32-16-14-31(15-17-32)35-18-19-37-28-38(21-20-36(37)27-35)40-30-52-46(54-40)42-13-9-24-58(42)48(60)44(56-50(62)64-4)33-11-7-6-8-12-33/h6-8,11-12,14-21,27-30,34,41-44H,5,9-10,13,22-26H2,1-4H3,(H,51,53)(H,52,54)(H,55,61)(H,56,62)/t41-,42-,43-,44+/m0/s1. The Morgan fingerprint density at radius 1 is 0.785 bits per heavy atom. The third-order valence-corrected chi connectivity index (χ3v) is 12.7. The van der Waals surface area contributed by atoms with E-state index >= 15 is 0 Å². The number of hydrogen-bond donors (Lipinski definition) is 4. The average Bonchev–Trinajstić information content (AvgIpc) is 4.16. The topological polar surface area (TPSA) is 184 Å². The van der Waals surface area contributed by atoms with E-state index in [9.17, 15) is 19.2 Å². The van der Waals surface area contributed by atoms with E-state index in [1.807, 2.05) is 36.5 Å². The number of carbonyl (C=O) groups excluding carboxylic acids is 4. The quantitative estimate of drug-likeness (QED) is 0.0833. The summed E-state index contributed by atoms with van der Waals surface area (Å²) in [5, 5.41) is 7.68. The Hall–Kier alpha value is -7.00. The first-order valence-electron chi connectivity index (χ1n) is 22.3. The summed E-state index contributed by atoms with van der Waals surface area (Å²) in [6.45, 7) is 3.71. The summed E-state index contributed by atoms with van der Waals surface area (Å²) in [6, 6.07) is 28.0. The van der Waals surface area contributed by atoms with Crippen LogP contribution in [-0.4, -0.2) is 101 Å². The number of carbonyl (C=O) groups is 4. The van der Waals surface area contributed by atoms with E-state index in [0.29, 0.717) is 56.2 Å². The second-order valence-corrected chi connectivity index (χ2v) is 16.7. The Morgan fingerprint density at radius 2 is 1.42 bits per heavy atom. The van der Waals surface area contributed by atoms with E-state index in [0.717, 1.165) is 63.7 Å². The van der Waals surface area contributed by atoms with Gasteiger partial charge in [-0.1, -0.05) is 92.2 Å². The molecule has 4 aromatic carbocycles. The van der Waals surface area contributed by atoms with E-state index in [-0.39, 0.29) is 29.8 Å². The zero-order valence-corrected chi connectivity index (χ0v) is 37.2. The van der Waals surface area contributed by atoms with Crippen molar-refractivity contribution in [2.75, 3.05) is 41.0 Å². The molecule has 338 valence electrons. The number of ether oxygens (including phenoxy) is 3. The fourth-order valence-electron chi connectivity index (χ4n) is 9.11. The van der Waals surface area contributed by atoms with Crippen molar-refractivity contribution >= 4 is 34.8 Å². The summed E-state index contributed by atoms with van der Waals surface area (Å²) >= 11 is 0. The Morgan fingerprint density at radius 3 is 2.12 bits per heavy atom. The van der Waals surface area contributed by atoms with Crippen LogP contribution in [0.25, 0.3) is 44.4 Å². The van der Waals surface area contributed by atoms with Crippen molar-refractivity contribution in [1.82, 2.24) is 40.4 Å². The molecule has 2 aliphatic heterocycles. The lowest BCUT2D eigenvalue weighted by Crippen LogP contribution is -2.53. The van der Waals surface area contributed by atoms with Crippen LogP contribution in [-0.2, 0) is 23.8 Å². The number of rotatable bonds is 14. The molecule has 8 rings (SSSR count). The minimum Gasteiger partial charge on any atom is -0.453 e. The minimum absolute atomic E-state index is 0.0586. The van der Waals surface area contributed by atoms with E-state index in [1.165, 1.54) is 14.2 Å². The molecule has 4 amide bonds. The lowest BCUT2D eigenvalue weighted by atomic mass is 9.90. The van der Waals surface area contributed by atoms with Gasteiger partial charge in [0.05, 0.1) is 50.1 Å². The van der Waals surface area contributed by atoms with Gasteiger partial charge in [-0.25, -0.2) is 19.6 Å². The first kappa shape index (κ1) is 44.6. The third kappa shape index (κ3) is 9.90. The molecule has 2 saturated heterocycles. The molecule has 4 heterocycles. The number of imidazole rings is 2. The van der Waals surface area contributed by atoms with Crippen molar-refractivity contribution in [1.29, 1.82) is 0 Å². The molecule has 0 aliphatic carbocycles. The SMILES string of the molecule is CCC[C@@H](c1ncc(-c2ccc(-c3ccc4cc(-c5cnc([C@@H]6CCCN6C(=O)[C@H](NC(=O)OC)c6ccccc6)[nH]5)ccc4c3)cc2)[nH]1)N(C)C(=O)[C@@H](NC(=O)OC)C1CCOCC1. The highest BCUT2D eigenvalue weighted by Gasteiger charge is 2.38. The van der Waals surface area contributed by atoms with Gasteiger partial charge < -0.3 is 44.6 Å². The molecule has 0 unspecified atom stereocenters. The molecule has 0 saturated carbocycles. The lowest BCUT2D eigenvalue weighted by Gasteiger charge is -2.35. The highest BCUT2D eigenvalue weighted by Crippen LogP contribution is 2.36. The van der Waals surface area contributed by atoms with Gasteiger partial charge in [-0.2, -0.15) is 0 Å². The van der Waals surface area contributed by atoms with Gasteiger partial charge in [-0.3, -0.25) is 9.59 Å². The first-order chi connectivity index (χ1) is 31.6. The summed E-state index contributed by atoms with van der Waals surface area (Å²) in [4.78, 5) is 72.5. The van der Waals surface area contributed by atoms with Crippen molar-refractivity contribution in [3.8, 4) is 33.6 Å².